The molecule has 1 aromatic carbocycles. The van der Waals surface area contributed by atoms with Crippen LogP contribution in [0.5, 0.6) is 0 Å². The van der Waals surface area contributed by atoms with Gasteiger partial charge in [0.25, 0.3) is 0 Å². The molecule has 1 aliphatic rings. The molecule has 20 heavy (non-hydrogen) atoms. The van der Waals surface area contributed by atoms with E-state index in [1.165, 1.54) is 5.52 Å². The van der Waals surface area contributed by atoms with Crippen molar-refractivity contribution in [2.24, 2.45) is 7.05 Å². The Morgan fingerprint density at radius 3 is 2.90 bits per heavy atom. The van der Waals surface area contributed by atoms with Crippen LogP contribution in [0.4, 0.5) is 5.95 Å². The van der Waals surface area contributed by atoms with Gasteiger partial charge in [-0.15, -0.1) is 0 Å². The molecule has 1 saturated heterocycles. The molecule has 5 nitrogen and oxygen atoms in total. The topological polar surface area (TPSA) is 38.9 Å². The van der Waals surface area contributed by atoms with Gasteiger partial charge in [-0.1, -0.05) is 12.1 Å². The molecule has 0 radical (unpaired) electrons. The summed E-state index contributed by atoms with van der Waals surface area (Å²) in [5, 5.41) is 4.35. The van der Waals surface area contributed by atoms with Crippen molar-refractivity contribution < 1.29 is 0 Å². The van der Waals surface area contributed by atoms with Crippen molar-refractivity contribution in [3.8, 4) is 0 Å². The predicted octanol–water partition coefficient (Wildman–Crippen LogP) is 2.22. The fourth-order valence-corrected chi connectivity index (χ4v) is 3.05. The smallest absolute Gasteiger partial charge is 0.206 e. The highest BCUT2D eigenvalue weighted by Crippen LogP contribution is 2.28. The summed E-state index contributed by atoms with van der Waals surface area (Å²) < 4.78 is 4.24. The van der Waals surface area contributed by atoms with Gasteiger partial charge in [-0.2, -0.15) is 5.10 Å². The molecule has 0 spiro atoms. The van der Waals surface area contributed by atoms with Crippen LogP contribution < -0.4 is 4.90 Å². The van der Waals surface area contributed by atoms with E-state index in [-0.39, 0.29) is 0 Å². The molecule has 0 amide bonds. The lowest BCUT2D eigenvalue weighted by Crippen LogP contribution is -2.23. The van der Waals surface area contributed by atoms with E-state index in [0.29, 0.717) is 6.04 Å². The highest BCUT2D eigenvalue weighted by Gasteiger charge is 2.27. The minimum atomic E-state index is 0.449. The Kier molecular flexibility index (Phi) is 2.52. The molecular weight excluding hydrogens is 250 g/mol. The number of rotatable bonds is 2. The van der Waals surface area contributed by atoms with Crippen LogP contribution in [0.2, 0.25) is 0 Å². The highest BCUT2D eigenvalue weighted by molar-refractivity contribution is 5.78. The van der Waals surface area contributed by atoms with Gasteiger partial charge in [0.1, 0.15) is 0 Å². The first kappa shape index (κ1) is 11.5. The molecule has 0 N–H and O–H groups in total. The Morgan fingerprint density at radius 1 is 1.20 bits per heavy atom. The number of aryl methyl sites for hydroxylation is 1. The van der Waals surface area contributed by atoms with E-state index < -0.39 is 0 Å². The van der Waals surface area contributed by atoms with E-state index in [9.17, 15) is 0 Å². The predicted molar refractivity (Wildman–Crippen MR) is 78.8 cm³/mol. The Hall–Kier alpha value is -2.30. The van der Waals surface area contributed by atoms with Gasteiger partial charge in [0, 0.05) is 32.5 Å². The first-order valence-electron chi connectivity index (χ1n) is 6.98. The first-order chi connectivity index (χ1) is 9.83. The van der Waals surface area contributed by atoms with Crippen molar-refractivity contribution in [2.45, 2.75) is 12.5 Å². The maximum atomic E-state index is 4.77. The number of hydrogen-bond acceptors (Lipinski definition) is 3. The standard InChI is InChI=1S/C15H17N5/c1-18-14-6-3-2-5-13(14)17-15(18)19-10-7-12(11-19)20-9-4-8-16-20/h2-6,8-9,12H,7,10-11H2,1H3. The summed E-state index contributed by atoms with van der Waals surface area (Å²) >= 11 is 0. The average Bonchev–Trinajstić information content (AvgIpc) is 3.17. The van der Waals surface area contributed by atoms with E-state index in [4.69, 9.17) is 4.98 Å². The van der Waals surface area contributed by atoms with Gasteiger partial charge in [-0.05, 0) is 24.6 Å². The number of imidazole rings is 1. The Labute approximate surface area is 117 Å². The second kappa shape index (κ2) is 4.37. The summed E-state index contributed by atoms with van der Waals surface area (Å²) in [6, 6.07) is 10.7. The lowest BCUT2D eigenvalue weighted by atomic mass is 10.3. The molecule has 1 aliphatic heterocycles. The Bertz CT molecular complexity index is 728. The summed E-state index contributed by atoms with van der Waals surface area (Å²) in [5.74, 6) is 1.06. The molecule has 3 aromatic rings. The third-order valence-electron chi connectivity index (χ3n) is 4.11. The molecule has 102 valence electrons. The molecule has 4 rings (SSSR count). The fraction of sp³-hybridized carbons (Fsp3) is 0.333. The average molecular weight is 267 g/mol. The zero-order valence-corrected chi connectivity index (χ0v) is 11.5. The number of aromatic nitrogens is 4. The van der Waals surface area contributed by atoms with Crippen LogP contribution in [0.15, 0.2) is 42.7 Å². The van der Waals surface area contributed by atoms with Gasteiger partial charge in [0.15, 0.2) is 0 Å². The SMILES string of the molecule is Cn1c(N2CCC(n3cccn3)C2)nc2ccccc21. The number of para-hydroxylation sites is 2. The van der Waals surface area contributed by atoms with Crippen LogP contribution in [0.1, 0.15) is 12.5 Å². The molecular formula is C15H17N5. The molecule has 0 bridgehead atoms. The van der Waals surface area contributed by atoms with Crippen LogP contribution in [0, 0.1) is 0 Å². The lowest BCUT2D eigenvalue weighted by Gasteiger charge is -2.17. The minimum absolute atomic E-state index is 0.449. The summed E-state index contributed by atoms with van der Waals surface area (Å²) in [5.41, 5.74) is 2.25. The zero-order chi connectivity index (χ0) is 13.5. The maximum absolute atomic E-state index is 4.77. The second-order valence-electron chi connectivity index (χ2n) is 5.33. The van der Waals surface area contributed by atoms with Crippen LogP contribution in [-0.4, -0.2) is 32.4 Å². The van der Waals surface area contributed by atoms with Crippen LogP contribution >= 0.6 is 0 Å². The molecule has 1 fully saturated rings. The number of nitrogens with zero attached hydrogens (tertiary/aromatic N) is 5. The van der Waals surface area contributed by atoms with E-state index in [1.807, 2.05) is 24.5 Å². The Balaban J connectivity index is 1.66. The highest BCUT2D eigenvalue weighted by atomic mass is 15.4. The van der Waals surface area contributed by atoms with Crippen LogP contribution in [0.25, 0.3) is 11.0 Å². The van der Waals surface area contributed by atoms with Gasteiger partial charge in [0.05, 0.1) is 17.1 Å². The summed E-state index contributed by atoms with van der Waals surface area (Å²) in [7, 11) is 2.09. The molecule has 5 heteroatoms. The van der Waals surface area contributed by atoms with E-state index in [1.54, 1.807) is 0 Å². The first-order valence-corrected chi connectivity index (χ1v) is 6.98. The monoisotopic (exact) mass is 267 g/mol. The molecule has 1 atom stereocenters. The zero-order valence-electron chi connectivity index (χ0n) is 11.5. The second-order valence-corrected chi connectivity index (χ2v) is 5.33. The maximum Gasteiger partial charge on any atom is 0.206 e. The number of anilines is 1. The quantitative estimate of drug-likeness (QED) is 0.714. The summed E-state index contributed by atoms with van der Waals surface area (Å²) in [4.78, 5) is 7.12. The van der Waals surface area contributed by atoms with Gasteiger partial charge in [0.2, 0.25) is 5.95 Å². The number of benzene rings is 1. The van der Waals surface area contributed by atoms with E-state index in [2.05, 4.69) is 44.5 Å². The summed E-state index contributed by atoms with van der Waals surface area (Å²) in [6.45, 7) is 2.00. The molecule has 3 heterocycles. The molecule has 0 aliphatic carbocycles. The minimum Gasteiger partial charge on any atom is -0.340 e. The molecule has 2 aromatic heterocycles. The third-order valence-corrected chi connectivity index (χ3v) is 4.11. The van der Waals surface area contributed by atoms with Crippen molar-refractivity contribution in [2.75, 3.05) is 18.0 Å². The molecule has 1 unspecified atom stereocenters. The molecule has 0 saturated carbocycles. The number of fused-ring (bicyclic) bond motifs is 1. The van der Waals surface area contributed by atoms with Crippen molar-refractivity contribution in [3.05, 3.63) is 42.7 Å². The van der Waals surface area contributed by atoms with Crippen LogP contribution in [-0.2, 0) is 7.05 Å². The lowest BCUT2D eigenvalue weighted by molar-refractivity contribution is 0.494. The van der Waals surface area contributed by atoms with Crippen molar-refractivity contribution in [1.82, 2.24) is 19.3 Å². The number of hydrogen-bond donors (Lipinski definition) is 0. The van der Waals surface area contributed by atoms with Crippen molar-refractivity contribution in [3.63, 3.8) is 0 Å². The van der Waals surface area contributed by atoms with E-state index >= 15 is 0 Å². The van der Waals surface area contributed by atoms with Gasteiger partial charge >= 0.3 is 0 Å². The third kappa shape index (κ3) is 1.70. The normalized spacial score (nSPS) is 19.1. The van der Waals surface area contributed by atoms with E-state index in [0.717, 1.165) is 31.0 Å². The van der Waals surface area contributed by atoms with Crippen molar-refractivity contribution >= 4 is 17.0 Å². The fourth-order valence-electron chi connectivity index (χ4n) is 3.05. The van der Waals surface area contributed by atoms with Gasteiger partial charge in [-0.25, -0.2) is 4.98 Å². The van der Waals surface area contributed by atoms with Crippen molar-refractivity contribution in [1.29, 1.82) is 0 Å². The largest absolute Gasteiger partial charge is 0.340 e. The van der Waals surface area contributed by atoms with Crippen LogP contribution in [0.3, 0.4) is 0 Å². The Morgan fingerprint density at radius 2 is 2.10 bits per heavy atom. The van der Waals surface area contributed by atoms with Gasteiger partial charge < -0.3 is 9.47 Å². The van der Waals surface area contributed by atoms with Gasteiger partial charge in [-0.3, -0.25) is 4.68 Å². The summed E-state index contributed by atoms with van der Waals surface area (Å²) in [6.07, 6.45) is 5.01.